The van der Waals surface area contributed by atoms with Gasteiger partial charge in [-0.15, -0.1) is 0 Å². The van der Waals surface area contributed by atoms with E-state index in [1.54, 1.807) is 0 Å². The van der Waals surface area contributed by atoms with Crippen molar-refractivity contribution in [2.24, 2.45) is 0 Å². The van der Waals surface area contributed by atoms with Crippen molar-refractivity contribution in [1.29, 1.82) is 0 Å². The largest absolute Gasteiger partial charge is 0.370 e. The molecule has 0 saturated carbocycles. The van der Waals surface area contributed by atoms with Crippen LogP contribution in [0.15, 0.2) is 48.7 Å². The van der Waals surface area contributed by atoms with Crippen LogP contribution in [0.2, 0.25) is 0 Å². The predicted octanol–water partition coefficient (Wildman–Crippen LogP) is 4.32. The zero-order chi connectivity index (χ0) is 14.9. The van der Waals surface area contributed by atoms with Crippen LogP contribution in [0.4, 0.5) is 11.5 Å². The minimum absolute atomic E-state index is 0.902. The maximum atomic E-state index is 4.46. The van der Waals surface area contributed by atoms with Gasteiger partial charge in [0.05, 0.1) is 0 Å². The Morgan fingerprint density at radius 3 is 2.48 bits per heavy atom. The van der Waals surface area contributed by atoms with Crippen LogP contribution in [0.5, 0.6) is 0 Å². The highest BCUT2D eigenvalue weighted by Crippen LogP contribution is 2.18. The molecule has 0 bridgehead atoms. The highest BCUT2D eigenvalue weighted by atomic mass is 15.1. The maximum absolute atomic E-state index is 4.46. The van der Waals surface area contributed by atoms with Crippen molar-refractivity contribution >= 4 is 11.5 Å². The van der Waals surface area contributed by atoms with Crippen molar-refractivity contribution in [1.82, 2.24) is 4.98 Å². The summed E-state index contributed by atoms with van der Waals surface area (Å²) in [6.07, 6.45) is 4.39. The number of para-hydroxylation sites is 1. The van der Waals surface area contributed by atoms with E-state index in [4.69, 9.17) is 0 Å². The zero-order valence-corrected chi connectivity index (χ0v) is 13.0. The monoisotopic (exact) mass is 283 g/mol. The number of hydrogen-bond donors (Lipinski definition) is 1. The molecule has 112 valence electrons. The molecule has 0 fully saturated rings. The van der Waals surface area contributed by atoms with Crippen LogP contribution in [0.25, 0.3) is 0 Å². The number of unbranched alkanes of at least 4 members (excludes halogenated alkanes) is 1. The van der Waals surface area contributed by atoms with E-state index in [0.29, 0.717) is 0 Å². The normalized spacial score (nSPS) is 10.4. The lowest BCUT2D eigenvalue weighted by molar-refractivity contribution is 0.715. The van der Waals surface area contributed by atoms with E-state index in [1.807, 2.05) is 6.20 Å². The molecule has 0 aliphatic carbocycles. The first-order valence-electron chi connectivity index (χ1n) is 7.82. The van der Waals surface area contributed by atoms with Crippen molar-refractivity contribution < 1.29 is 0 Å². The van der Waals surface area contributed by atoms with E-state index >= 15 is 0 Å². The van der Waals surface area contributed by atoms with Gasteiger partial charge < -0.3 is 10.2 Å². The molecule has 0 radical (unpaired) electrons. The van der Waals surface area contributed by atoms with Gasteiger partial charge >= 0.3 is 0 Å². The van der Waals surface area contributed by atoms with Gasteiger partial charge in [0.15, 0.2) is 0 Å². The van der Waals surface area contributed by atoms with Crippen LogP contribution >= 0.6 is 0 Å². The minimum atomic E-state index is 0.902. The summed E-state index contributed by atoms with van der Waals surface area (Å²) >= 11 is 0. The van der Waals surface area contributed by atoms with Crippen LogP contribution in [0.1, 0.15) is 32.3 Å². The molecule has 0 unspecified atom stereocenters. The van der Waals surface area contributed by atoms with Gasteiger partial charge in [-0.25, -0.2) is 4.98 Å². The first-order chi connectivity index (χ1) is 10.3. The maximum Gasteiger partial charge on any atom is 0.125 e. The van der Waals surface area contributed by atoms with Crippen molar-refractivity contribution in [2.75, 3.05) is 23.3 Å². The lowest BCUT2D eigenvalue weighted by Crippen LogP contribution is -2.23. The smallest absolute Gasteiger partial charge is 0.125 e. The SMILES string of the molecule is CCCCN(Cc1ccc(NCC)nc1)c1ccccc1. The summed E-state index contributed by atoms with van der Waals surface area (Å²) in [6.45, 7) is 7.20. The standard InChI is InChI=1S/C18H25N3/c1-3-5-13-21(17-9-7-6-8-10-17)15-16-11-12-18(19-4-2)20-14-16/h6-12,14H,3-5,13,15H2,1-2H3,(H,19,20). The Balaban J connectivity index is 2.07. The number of benzene rings is 1. The topological polar surface area (TPSA) is 28.2 Å². The molecule has 21 heavy (non-hydrogen) atoms. The summed E-state index contributed by atoms with van der Waals surface area (Å²) in [4.78, 5) is 6.88. The Morgan fingerprint density at radius 1 is 1.05 bits per heavy atom. The van der Waals surface area contributed by atoms with Gasteiger partial charge in [-0.1, -0.05) is 37.6 Å². The van der Waals surface area contributed by atoms with Crippen LogP contribution in [0, 0.1) is 0 Å². The van der Waals surface area contributed by atoms with Gasteiger partial charge in [-0.2, -0.15) is 0 Å². The number of anilines is 2. The summed E-state index contributed by atoms with van der Waals surface area (Å²) in [5.74, 6) is 0.945. The van der Waals surface area contributed by atoms with Gasteiger partial charge in [0.2, 0.25) is 0 Å². The molecule has 1 aromatic heterocycles. The van der Waals surface area contributed by atoms with Crippen molar-refractivity contribution in [3.8, 4) is 0 Å². The van der Waals surface area contributed by atoms with Gasteiger partial charge in [0, 0.05) is 31.5 Å². The quantitative estimate of drug-likeness (QED) is 0.782. The van der Waals surface area contributed by atoms with Gasteiger partial charge in [-0.05, 0) is 37.1 Å². The van der Waals surface area contributed by atoms with Crippen LogP contribution in [0.3, 0.4) is 0 Å². The number of nitrogens with zero attached hydrogens (tertiary/aromatic N) is 2. The lowest BCUT2D eigenvalue weighted by Gasteiger charge is -2.25. The summed E-state index contributed by atoms with van der Waals surface area (Å²) in [6, 6.07) is 14.8. The third kappa shape index (κ3) is 4.78. The molecule has 2 aromatic rings. The average molecular weight is 283 g/mol. The molecule has 2 rings (SSSR count). The number of hydrogen-bond acceptors (Lipinski definition) is 3. The Morgan fingerprint density at radius 2 is 1.86 bits per heavy atom. The average Bonchev–Trinajstić information content (AvgIpc) is 2.54. The van der Waals surface area contributed by atoms with Crippen molar-refractivity contribution in [3.05, 3.63) is 54.2 Å². The predicted molar refractivity (Wildman–Crippen MR) is 90.8 cm³/mol. The van der Waals surface area contributed by atoms with Gasteiger partial charge in [0.25, 0.3) is 0 Å². The number of aromatic nitrogens is 1. The van der Waals surface area contributed by atoms with Crippen molar-refractivity contribution in [2.45, 2.75) is 33.2 Å². The van der Waals surface area contributed by atoms with Gasteiger partial charge in [-0.3, -0.25) is 0 Å². The fraction of sp³-hybridized carbons (Fsp3) is 0.389. The molecule has 1 aromatic carbocycles. The summed E-state index contributed by atoms with van der Waals surface area (Å²) in [7, 11) is 0. The van der Waals surface area contributed by atoms with Crippen LogP contribution in [-0.4, -0.2) is 18.1 Å². The first kappa shape index (κ1) is 15.4. The molecule has 0 aliphatic heterocycles. The van der Waals surface area contributed by atoms with Gasteiger partial charge in [0.1, 0.15) is 5.82 Å². The Kier molecular flexibility index (Phi) is 6.07. The molecule has 0 amide bonds. The molecule has 0 atom stereocenters. The van der Waals surface area contributed by atoms with E-state index < -0.39 is 0 Å². The fourth-order valence-corrected chi connectivity index (χ4v) is 2.31. The minimum Gasteiger partial charge on any atom is -0.370 e. The summed E-state index contributed by atoms with van der Waals surface area (Å²) in [5, 5.41) is 3.23. The molecule has 0 aliphatic rings. The molecule has 1 heterocycles. The first-order valence-corrected chi connectivity index (χ1v) is 7.82. The third-order valence-electron chi connectivity index (χ3n) is 3.46. The van der Waals surface area contributed by atoms with E-state index in [9.17, 15) is 0 Å². The molecular weight excluding hydrogens is 258 g/mol. The Labute approximate surface area is 128 Å². The Bertz CT molecular complexity index is 508. The second-order valence-electron chi connectivity index (χ2n) is 5.19. The van der Waals surface area contributed by atoms with Crippen LogP contribution in [-0.2, 0) is 6.54 Å². The molecule has 0 saturated heterocycles. The molecular formula is C18H25N3. The molecule has 3 heteroatoms. The van der Waals surface area contributed by atoms with E-state index in [-0.39, 0.29) is 0 Å². The lowest BCUT2D eigenvalue weighted by atomic mass is 10.2. The van der Waals surface area contributed by atoms with Crippen LogP contribution < -0.4 is 10.2 Å². The molecule has 1 N–H and O–H groups in total. The fourth-order valence-electron chi connectivity index (χ4n) is 2.31. The molecule has 0 spiro atoms. The number of rotatable bonds is 8. The van der Waals surface area contributed by atoms with E-state index in [2.05, 4.69) is 71.5 Å². The zero-order valence-electron chi connectivity index (χ0n) is 13.0. The number of pyridine rings is 1. The third-order valence-corrected chi connectivity index (χ3v) is 3.46. The van der Waals surface area contributed by atoms with E-state index in [0.717, 1.165) is 25.5 Å². The van der Waals surface area contributed by atoms with Crippen molar-refractivity contribution in [3.63, 3.8) is 0 Å². The molecule has 3 nitrogen and oxygen atoms in total. The highest BCUT2D eigenvalue weighted by Gasteiger charge is 2.07. The van der Waals surface area contributed by atoms with E-state index in [1.165, 1.54) is 24.1 Å². The Hall–Kier alpha value is -2.03. The summed E-state index contributed by atoms with van der Waals surface area (Å²) < 4.78 is 0. The highest BCUT2D eigenvalue weighted by molar-refractivity contribution is 5.47. The number of nitrogens with one attached hydrogen (secondary N) is 1. The second kappa shape index (κ2) is 8.30. The summed E-state index contributed by atoms with van der Waals surface area (Å²) in [5.41, 5.74) is 2.53. The second-order valence-corrected chi connectivity index (χ2v) is 5.19.